The van der Waals surface area contributed by atoms with Crippen molar-refractivity contribution in [3.8, 4) is 5.75 Å². The molecule has 1 aliphatic rings. The zero-order valence-corrected chi connectivity index (χ0v) is 18.3. The Hall–Kier alpha value is -2.22. The second-order valence-electron chi connectivity index (χ2n) is 7.71. The fourth-order valence-electron chi connectivity index (χ4n) is 3.70. The summed E-state index contributed by atoms with van der Waals surface area (Å²) in [4.78, 5) is 35.4. The van der Waals surface area contributed by atoms with Crippen LogP contribution in [0, 0.1) is 11.8 Å². The smallest absolute Gasteiger partial charge is 0.366 e. The van der Waals surface area contributed by atoms with E-state index in [2.05, 4.69) is 4.74 Å². The molecule has 7 nitrogen and oxygen atoms in total. The number of allylic oxidation sites excluding steroid dienone is 1. The van der Waals surface area contributed by atoms with Crippen molar-refractivity contribution in [1.29, 1.82) is 0 Å². The highest BCUT2D eigenvalue weighted by molar-refractivity contribution is 6.30. The summed E-state index contributed by atoms with van der Waals surface area (Å²) in [5, 5.41) is 19.8. The Bertz CT molecular complexity index is 786. The van der Waals surface area contributed by atoms with E-state index in [0.717, 1.165) is 19.3 Å². The van der Waals surface area contributed by atoms with Gasteiger partial charge in [0.2, 0.25) is 0 Å². The molecule has 2 N–H and O–H groups in total. The van der Waals surface area contributed by atoms with Gasteiger partial charge in [-0.2, -0.15) is 0 Å². The van der Waals surface area contributed by atoms with Gasteiger partial charge in [0.1, 0.15) is 17.3 Å². The number of aliphatic hydroxyl groups is 2. The quantitative estimate of drug-likeness (QED) is 0.217. The second kappa shape index (κ2) is 12.0. The molecule has 0 aliphatic heterocycles. The summed E-state index contributed by atoms with van der Waals surface area (Å²) >= 11 is 5.84. The maximum atomic E-state index is 12.2. The van der Waals surface area contributed by atoms with Gasteiger partial charge in [-0.3, -0.25) is 9.59 Å². The van der Waals surface area contributed by atoms with Gasteiger partial charge >= 0.3 is 5.97 Å². The normalized spacial score (nSPS) is 19.0. The molecule has 2 atom stereocenters. The number of carbonyl (C=O) groups is 3. The summed E-state index contributed by atoms with van der Waals surface area (Å²) in [7, 11) is 1.01. The lowest BCUT2D eigenvalue weighted by atomic mass is 9.89. The zero-order valence-electron chi connectivity index (χ0n) is 17.6. The number of halogens is 1. The molecular weight excluding hydrogens is 424 g/mol. The van der Waals surface area contributed by atoms with Crippen molar-refractivity contribution in [3.63, 3.8) is 0 Å². The molecule has 1 saturated carbocycles. The molecule has 170 valence electrons. The zero-order chi connectivity index (χ0) is 22.9. The third-order valence-corrected chi connectivity index (χ3v) is 5.58. The van der Waals surface area contributed by atoms with Crippen LogP contribution in [0.2, 0.25) is 5.02 Å². The van der Waals surface area contributed by atoms with Crippen molar-refractivity contribution in [3.05, 3.63) is 41.4 Å². The molecule has 0 aromatic heterocycles. The van der Waals surface area contributed by atoms with Gasteiger partial charge in [0.25, 0.3) is 5.79 Å². The summed E-state index contributed by atoms with van der Waals surface area (Å²) in [5.74, 6) is -3.62. The van der Waals surface area contributed by atoms with Crippen molar-refractivity contribution in [2.24, 2.45) is 11.8 Å². The van der Waals surface area contributed by atoms with E-state index in [1.165, 1.54) is 0 Å². The van der Waals surface area contributed by atoms with E-state index in [0.29, 0.717) is 37.3 Å². The van der Waals surface area contributed by atoms with E-state index in [-0.39, 0.29) is 24.0 Å². The molecule has 1 aliphatic carbocycles. The number of ether oxygens (including phenoxy) is 2. The first-order valence-electron chi connectivity index (χ1n) is 10.4. The number of hydrogen-bond acceptors (Lipinski definition) is 7. The Morgan fingerprint density at radius 1 is 1.26 bits per heavy atom. The first kappa shape index (κ1) is 25.0. The Kier molecular flexibility index (Phi) is 9.68. The van der Waals surface area contributed by atoms with E-state index in [9.17, 15) is 24.6 Å². The number of methoxy groups -OCH3 is 1. The number of rotatable bonds is 12. The summed E-state index contributed by atoms with van der Waals surface area (Å²) in [6.45, 7) is 0.516. The number of carbonyl (C=O) groups excluding carboxylic acids is 3. The molecular formula is C23H29ClO7. The van der Waals surface area contributed by atoms with Crippen LogP contribution in [0.15, 0.2) is 36.4 Å². The average molecular weight is 453 g/mol. The van der Waals surface area contributed by atoms with Crippen LogP contribution in [0.5, 0.6) is 5.75 Å². The van der Waals surface area contributed by atoms with Crippen molar-refractivity contribution < 1.29 is 34.1 Å². The van der Waals surface area contributed by atoms with Gasteiger partial charge in [0.05, 0.1) is 20.1 Å². The predicted octanol–water partition coefficient (Wildman–Crippen LogP) is 3.24. The minimum absolute atomic E-state index is 0.0645. The van der Waals surface area contributed by atoms with Gasteiger partial charge in [0.15, 0.2) is 0 Å². The summed E-state index contributed by atoms with van der Waals surface area (Å²) < 4.78 is 9.90. The lowest BCUT2D eigenvalue weighted by molar-refractivity contribution is -0.208. The number of Topliss-reactive ketones (excluding diaryl/α,β-unsaturated/α-hetero) is 2. The summed E-state index contributed by atoms with van der Waals surface area (Å²) in [5.41, 5.74) is 0. The topological polar surface area (TPSA) is 110 Å². The molecule has 8 heteroatoms. The molecule has 0 spiro atoms. The van der Waals surface area contributed by atoms with Gasteiger partial charge in [0, 0.05) is 23.8 Å². The third-order valence-electron chi connectivity index (χ3n) is 5.33. The minimum atomic E-state index is -2.81. The minimum Gasteiger partial charge on any atom is -0.493 e. The van der Waals surface area contributed by atoms with Crippen LogP contribution < -0.4 is 4.74 Å². The van der Waals surface area contributed by atoms with Gasteiger partial charge in [-0.15, -0.1) is 0 Å². The molecule has 0 amide bonds. The van der Waals surface area contributed by atoms with Crippen molar-refractivity contribution in [2.45, 2.75) is 50.7 Å². The van der Waals surface area contributed by atoms with Crippen molar-refractivity contribution >= 4 is 29.1 Å². The highest BCUT2D eigenvalue weighted by Gasteiger charge is 2.37. The van der Waals surface area contributed by atoms with Crippen LogP contribution >= 0.6 is 11.6 Å². The van der Waals surface area contributed by atoms with Crippen LogP contribution in [0.4, 0.5) is 0 Å². The molecule has 1 aromatic rings. The van der Waals surface area contributed by atoms with E-state index < -0.39 is 24.0 Å². The highest BCUT2D eigenvalue weighted by atomic mass is 35.5. The van der Waals surface area contributed by atoms with Crippen molar-refractivity contribution in [1.82, 2.24) is 0 Å². The van der Waals surface area contributed by atoms with Gasteiger partial charge in [-0.05, 0) is 55.9 Å². The van der Waals surface area contributed by atoms with Crippen molar-refractivity contribution in [2.75, 3.05) is 13.7 Å². The molecule has 0 saturated heterocycles. The molecule has 0 unspecified atom stereocenters. The van der Waals surface area contributed by atoms with Crippen LogP contribution in [0.1, 0.15) is 44.9 Å². The van der Waals surface area contributed by atoms with Gasteiger partial charge < -0.3 is 19.7 Å². The number of esters is 1. The molecule has 0 radical (unpaired) electrons. The molecule has 0 heterocycles. The SMILES string of the molecule is COC(=O)C(O)(O)CC(=O)CCC[C@H]1C(=O)CC[C@@H]1/C=C/CCOc1ccc(Cl)cc1. The summed E-state index contributed by atoms with van der Waals surface area (Å²) in [6, 6.07) is 7.15. The maximum absolute atomic E-state index is 12.2. The third kappa shape index (κ3) is 8.09. The monoisotopic (exact) mass is 452 g/mol. The lowest BCUT2D eigenvalue weighted by Gasteiger charge is -2.18. The number of benzene rings is 1. The Balaban J connectivity index is 1.73. The van der Waals surface area contributed by atoms with E-state index in [4.69, 9.17) is 16.3 Å². The van der Waals surface area contributed by atoms with Crippen LogP contribution in [0.3, 0.4) is 0 Å². The predicted molar refractivity (Wildman–Crippen MR) is 115 cm³/mol. The standard InChI is InChI=1S/C23H29ClO7/c1-30-22(27)23(28,29)15-18(25)6-4-7-20-16(8-13-21(20)26)5-2-3-14-31-19-11-9-17(24)10-12-19/h2,5,9-12,16,20,28-29H,3-4,6-8,13-15H2,1H3/b5-2+/t16-,20+/m0/s1. The number of ketones is 2. The lowest BCUT2D eigenvalue weighted by Crippen LogP contribution is -2.41. The van der Waals surface area contributed by atoms with E-state index in [1.807, 2.05) is 24.3 Å². The first-order chi connectivity index (χ1) is 14.7. The Labute approximate surface area is 187 Å². The molecule has 31 heavy (non-hydrogen) atoms. The molecule has 0 bridgehead atoms. The Morgan fingerprint density at radius 2 is 1.97 bits per heavy atom. The first-order valence-corrected chi connectivity index (χ1v) is 10.7. The number of hydrogen-bond donors (Lipinski definition) is 2. The van der Waals surface area contributed by atoms with E-state index in [1.54, 1.807) is 12.1 Å². The van der Waals surface area contributed by atoms with Gasteiger partial charge in [-0.25, -0.2) is 4.79 Å². The largest absolute Gasteiger partial charge is 0.493 e. The van der Waals surface area contributed by atoms with Gasteiger partial charge in [-0.1, -0.05) is 23.8 Å². The van der Waals surface area contributed by atoms with Crippen LogP contribution in [-0.2, 0) is 19.1 Å². The van der Waals surface area contributed by atoms with E-state index >= 15 is 0 Å². The molecule has 1 aromatic carbocycles. The fourth-order valence-corrected chi connectivity index (χ4v) is 3.83. The van der Waals surface area contributed by atoms with Crippen LogP contribution in [0.25, 0.3) is 0 Å². The maximum Gasteiger partial charge on any atom is 0.366 e. The summed E-state index contributed by atoms with van der Waals surface area (Å²) in [6.07, 6.45) is 6.40. The second-order valence-corrected chi connectivity index (χ2v) is 8.15. The Morgan fingerprint density at radius 3 is 2.65 bits per heavy atom. The fraction of sp³-hybridized carbons (Fsp3) is 0.522. The highest BCUT2D eigenvalue weighted by Crippen LogP contribution is 2.34. The molecule has 2 rings (SSSR count). The molecule has 1 fully saturated rings. The van der Waals surface area contributed by atoms with Crippen LogP contribution in [-0.4, -0.2) is 47.3 Å². The average Bonchev–Trinajstić information content (AvgIpc) is 3.07.